The number of nitrogens with zero attached hydrogens (tertiary/aromatic N) is 3. The molecule has 3 heterocycles. The second kappa shape index (κ2) is 7.43. The maximum Gasteiger partial charge on any atom is 0.260 e. The Kier molecular flexibility index (Phi) is 4.98. The molecule has 0 saturated carbocycles. The van der Waals surface area contributed by atoms with Crippen LogP contribution in [-0.4, -0.2) is 27.7 Å². The molecule has 1 atom stereocenters. The van der Waals surface area contributed by atoms with Crippen LogP contribution in [0.15, 0.2) is 33.3 Å². The van der Waals surface area contributed by atoms with E-state index in [0.29, 0.717) is 34.1 Å². The highest BCUT2D eigenvalue weighted by molar-refractivity contribution is 6.33. The van der Waals surface area contributed by atoms with E-state index in [1.165, 1.54) is 0 Å². The molecule has 0 radical (unpaired) electrons. The predicted octanol–water partition coefficient (Wildman–Crippen LogP) is 5.14. The minimum Gasteiger partial charge on any atom is -0.361 e. The van der Waals surface area contributed by atoms with E-state index in [0.717, 1.165) is 36.3 Å². The van der Waals surface area contributed by atoms with Gasteiger partial charge in [0.15, 0.2) is 0 Å². The molecule has 0 bridgehead atoms. The number of likely N-dealkylation sites (tertiary alicyclic amines) is 1. The smallest absolute Gasteiger partial charge is 0.260 e. The van der Waals surface area contributed by atoms with Crippen molar-refractivity contribution in [3.05, 3.63) is 57.6 Å². The lowest BCUT2D eigenvalue weighted by molar-refractivity contribution is 0.0733. The van der Waals surface area contributed by atoms with Crippen molar-refractivity contribution in [3.8, 4) is 11.3 Å². The van der Waals surface area contributed by atoms with Crippen LogP contribution >= 0.6 is 11.6 Å². The Morgan fingerprint density at radius 2 is 2.04 bits per heavy atom. The molecule has 3 aromatic rings. The van der Waals surface area contributed by atoms with E-state index in [4.69, 9.17) is 20.6 Å². The lowest BCUT2D eigenvalue weighted by Gasteiger charge is -2.25. The summed E-state index contributed by atoms with van der Waals surface area (Å²) in [5.41, 5.74) is 3.51. The number of halogens is 1. The van der Waals surface area contributed by atoms with Crippen LogP contribution in [0, 0.1) is 13.8 Å². The van der Waals surface area contributed by atoms with Crippen LogP contribution in [0.3, 0.4) is 0 Å². The summed E-state index contributed by atoms with van der Waals surface area (Å²) < 4.78 is 10.9. The van der Waals surface area contributed by atoms with Gasteiger partial charge in [0.05, 0.1) is 16.8 Å². The maximum atomic E-state index is 13.6. The molecule has 0 N–H and O–H groups in total. The van der Waals surface area contributed by atoms with Crippen LogP contribution in [0.1, 0.15) is 58.9 Å². The van der Waals surface area contributed by atoms with E-state index >= 15 is 0 Å². The maximum absolute atomic E-state index is 13.6. The van der Waals surface area contributed by atoms with Crippen molar-refractivity contribution in [2.24, 2.45) is 0 Å². The summed E-state index contributed by atoms with van der Waals surface area (Å²) in [5.74, 6) is 1.23. The molecule has 1 fully saturated rings. The Balaban J connectivity index is 1.75. The van der Waals surface area contributed by atoms with Gasteiger partial charge in [-0.2, -0.15) is 0 Å². The molecule has 1 aliphatic rings. The van der Waals surface area contributed by atoms with Gasteiger partial charge in [-0.25, -0.2) is 0 Å². The van der Waals surface area contributed by atoms with Gasteiger partial charge in [-0.05, 0) is 32.8 Å². The van der Waals surface area contributed by atoms with E-state index in [9.17, 15) is 4.79 Å². The fourth-order valence-corrected chi connectivity index (χ4v) is 4.25. The monoisotopic (exact) mass is 399 g/mol. The fourth-order valence-electron chi connectivity index (χ4n) is 4.02. The molecule has 146 valence electrons. The second-order valence-corrected chi connectivity index (χ2v) is 7.46. The fraction of sp³-hybridized carbons (Fsp3) is 0.381. The molecule has 7 heteroatoms. The third-order valence-corrected chi connectivity index (χ3v) is 5.69. The summed E-state index contributed by atoms with van der Waals surface area (Å²) in [4.78, 5) is 15.5. The topological polar surface area (TPSA) is 72.4 Å². The molecular formula is C21H22ClN3O3. The molecule has 6 nitrogen and oxygen atoms in total. The number of aryl methyl sites for hydroxylation is 3. The zero-order valence-electron chi connectivity index (χ0n) is 16.2. The van der Waals surface area contributed by atoms with E-state index in [2.05, 4.69) is 10.3 Å². The largest absolute Gasteiger partial charge is 0.361 e. The first kappa shape index (κ1) is 18.7. The minimum atomic E-state index is -0.0983. The molecule has 0 unspecified atom stereocenters. The number of amides is 1. The van der Waals surface area contributed by atoms with Crippen LogP contribution in [-0.2, 0) is 6.42 Å². The van der Waals surface area contributed by atoms with Gasteiger partial charge in [0, 0.05) is 24.1 Å². The quantitative estimate of drug-likeness (QED) is 0.607. The number of carbonyl (C=O) groups is 1. The van der Waals surface area contributed by atoms with Gasteiger partial charge >= 0.3 is 0 Å². The van der Waals surface area contributed by atoms with E-state index in [-0.39, 0.29) is 11.9 Å². The van der Waals surface area contributed by atoms with Gasteiger partial charge < -0.3 is 13.9 Å². The van der Waals surface area contributed by atoms with Gasteiger partial charge in [0.2, 0.25) is 0 Å². The van der Waals surface area contributed by atoms with E-state index in [1.54, 1.807) is 13.0 Å². The first-order valence-corrected chi connectivity index (χ1v) is 9.87. The molecule has 1 saturated heterocycles. The van der Waals surface area contributed by atoms with Gasteiger partial charge in [-0.15, -0.1) is 0 Å². The zero-order chi connectivity index (χ0) is 19.8. The van der Waals surface area contributed by atoms with E-state index in [1.807, 2.05) is 36.9 Å². The first-order chi connectivity index (χ1) is 13.5. The lowest BCUT2D eigenvalue weighted by Crippen LogP contribution is -2.31. The Hall–Kier alpha value is -2.60. The van der Waals surface area contributed by atoms with E-state index < -0.39 is 0 Å². The summed E-state index contributed by atoms with van der Waals surface area (Å²) in [6.07, 6.45) is 2.55. The number of rotatable bonds is 4. The van der Waals surface area contributed by atoms with Gasteiger partial charge in [-0.3, -0.25) is 4.79 Å². The van der Waals surface area contributed by atoms with Crippen molar-refractivity contribution in [1.29, 1.82) is 0 Å². The molecule has 1 aromatic carbocycles. The molecule has 0 spiro atoms. The number of hydrogen-bond donors (Lipinski definition) is 0. The van der Waals surface area contributed by atoms with Crippen LogP contribution in [0.2, 0.25) is 5.02 Å². The van der Waals surface area contributed by atoms with Crippen molar-refractivity contribution in [3.63, 3.8) is 0 Å². The molecule has 1 amide bonds. The summed E-state index contributed by atoms with van der Waals surface area (Å²) in [6.45, 7) is 6.39. The highest BCUT2D eigenvalue weighted by atomic mass is 35.5. The molecule has 0 aliphatic carbocycles. The molecule has 1 aliphatic heterocycles. The third-order valence-electron chi connectivity index (χ3n) is 5.36. The summed E-state index contributed by atoms with van der Waals surface area (Å²) in [6, 6.07) is 7.28. The molecule has 28 heavy (non-hydrogen) atoms. The second-order valence-electron chi connectivity index (χ2n) is 7.06. The van der Waals surface area contributed by atoms with Crippen molar-refractivity contribution >= 4 is 17.5 Å². The Morgan fingerprint density at radius 1 is 1.25 bits per heavy atom. The highest BCUT2D eigenvalue weighted by Gasteiger charge is 2.37. The number of hydrogen-bond acceptors (Lipinski definition) is 5. The van der Waals surface area contributed by atoms with Gasteiger partial charge in [-0.1, -0.05) is 47.0 Å². The van der Waals surface area contributed by atoms with Gasteiger partial charge in [0.1, 0.15) is 22.8 Å². The van der Waals surface area contributed by atoms with Crippen molar-refractivity contribution < 1.29 is 13.8 Å². The Morgan fingerprint density at radius 3 is 2.79 bits per heavy atom. The summed E-state index contributed by atoms with van der Waals surface area (Å²) in [5, 5.41) is 8.80. The first-order valence-electron chi connectivity index (χ1n) is 9.50. The van der Waals surface area contributed by atoms with Crippen LogP contribution in [0.25, 0.3) is 11.3 Å². The number of benzene rings is 1. The number of aromatic nitrogens is 2. The van der Waals surface area contributed by atoms with Crippen molar-refractivity contribution in [1.82, 2.24) is 15.2 Å². The zero-order valence-corrected chi connectivity index (χ0v) is 16.9. The summed E-state index contributed by atoms with van der Waals surface area (Å²) >= 11 is 6.35. The number of carbonyl (C=O) groups excluding carboxylic acids is 1. The molecular weight excluding hydrogens is 378 g/mol. The standard InChI is InChI=1S/C21H22ClN3O3/c1-4-17-18(12(2)23-28-17)16-10-7-11-25(16)21(26)19-13(3)27-24-20(19)14-8-5-6-9-15(14)22/h5-6,8-9,16H,4,7,10-11H2,1-3H3/t16-/m0/s1. The third kappa shape index (κ3) is 3.02. The average Bonchev–Trinajstić information content (AvgIpc) is 3.39. The molecule has 2 aromatic heterocycles. The van der Waals surface area contributed by atoms with Gasteiger partial charge in [0.25, 0.3) is 5.91 Å². The normalized spacial score (nSPS) is 16.7. The lowest BCUT2D eigenvalue weighted by atomic mass is 10.00. The Labute approximate surface area is 168 Å². The molecule has 4 rings (SSSR count). The SMILES string of the molecule is CCc1onc(C)c1[C@@H]1CCCN1C(=O)c1c(-c2ccccc2Cl)noc1C. The van der Waals surface area contributed by atoms with Crippen molar-refractivity contribution in [2.45, 2.75) is 46.1 Å². The highest BCUT2D eigenvalue weighted by Crippen LogP contribution is 2.39. The summed E-state index contributed by atoms with van der Waals surface area (Å²) in [7, 11) is 0. The minimum absolute atomic E-state index is 0.0536. The Bertz CT molecular complexity index is 1020. The van der Waals surface area contributed by atoms with Crippen LogP contribution < -0.4 is 0 Å². The van der Waals surface area contributed by atoms with Crippen LogP contribution in [0.5, 0.6) is 0 Å². The van der Waals surface area contributed by atoms with Crippen LogP contribution in [0.4, 0.5) is 0 Å². The average molecular weight is 400 g/mol. The predicted molar refractivity (Wildman–Crippen MR) is 105 cm³/mol. The van der Waals surface area contributed by atoms with Crippen molar-refractivity contribution in [2.75, 3.05) is 6.54 Å².